The summed E-state index contributed by atoms with van der Waals surface area (Å²) in [5, 5.41) is 20.2. The topological polar surface area (TPSA) is 72.3 Å². The van der Waals surface area contributed by atoms with Gasteiger partial charge >= 0.3 is 0 Å². The van der Waals surface area contributed by atoms with Crippen LogP contribution in [0.2, 0.25) is 0 Å². The maximum atomic E-state index is 4.53. The van der Waals surface area contributed by atoms with E-state index in [0.717, 1.165) is 28.3 Å². The van der Waals surface area contributed by atoms with E-state index in [1.807, 2.05) is 23.9 Å². The van der Waals surface area contributed by atoms with E-state index >= 15 is 0 Å². The van der Waals surface area contributed by atoms with Crippen molar-refractivity contribution in [1.29, 1.82) is 0 Å². The van der Waals surface area contributed by atoms with E-state index in [1.54, 1.807) is 11.0 Å². The Morgan fingerprint density at radius 2 is 1.85 bits per heavy atom. The molecular weight excluding hydrogens is 356 g/mol. The van der Waals surface area contributed by atoms with Crippen molar-refractivity contribution in [2.24, 2.45) is 0 Å². The van der Waals surface area contributed by atoms with Crippen LogP contribution in [0.3, 0.4) is 0 Å². The number of tetrazole rings is 1. The molecule has 0 aliphatic carbocycles. The highest BCUT2D eigenvalue weighted by molar-refractivity contribution is 7.97. The minimum absolute atomic E-state index is 0.602. The number of thioether (sulfide) groups is 1. The first kappa shape index (κ1) is 17.5. The van der Waals surface area contributed by atoms with Gasteiger partial charge in [-0.15, -0.1) is 10.2 Å². The molecule has 136 valence electrons. The molecule has 0 unspecified atom stereocenters. The van der Waals surface area contributed by atoms with E-state index in [1.165, 1.54) is 11.1 Å². The van der Waals surface area contributed by atoms with Crippen molar-refractivity contribution in [1.82, 2.24) is 30.4 Å². The van der Waals surface area contributed by atoms with Gasteiger partial charge in [-0.1, -0.05) is 60.2 Å². The first-order chi connectivity index (χ1) is 13.3. The number of H-pyrrole nitrogens is 1. The highest BCUT2D eigenvalue weighted by Crippen LogP contribution is 2.23. The molecule has 0 aliphatic rings. The van der Waals surface area contributed by atoms with Crippen LogP contribution in [0.4, 0.5) is 0 Å². The summed E-state index contributed by atoms with van der Waals surface area (Å²) in [5.74, 6) is 2.37. The lowest BCUT2D eigenvalue weighted by atomic mass is 10.1. The van der Waals surface area contributed by atoms with Gasteiger partial charge in [0.25, 0.3) is 0 Å². The van der Waals surface area contributed by atoms with Crippen LogP contribution in [0.5, 0.6) is 0 Å². The normalized spacial score (nSPS) is 11.0. The molecule has 1 N–H and O–H groups in total. The number of benzene rings is 2. The zero-order valence-electron chi connectivity index (χ0n) is 15.0. The molecule has 2 heterocycles. The number of hydrogen-bond donors (Lipinski definition) is 1. The highest BCUT2D eigenvalue weighted by atomic mass is 32.2. The molecule has 0 spiro atoms. The summed E-state index contributed by atoms with van der Waals surface area (Å²) in [7, 11) is 0. The smallest absolute Gasteiger partial charge is 0.208 e. The average Bonchev–Trinajstić information content (AvgIpc) is 3.32. The molecule has 4 rings (SSSR count). The molecular formula is C20H20N6S. The summed E-state index contributed by atoms with van der Waals surface area (Å²) in [5.41, 5.74) is 5.62. The molecule has 7 heteroatoms. The molecule has 0 saturated heterocycles. The van der Waals surface area contributed by atoms with Gasteiger partial charge in [0.2, 0.25) is 5.82 Å². The van der Waals surface area contributed by atoms with Crippen LogP contribution in [-0.2, 0) is 18.1 Å². The molecule has 2 aromatic carbocycles. The van der Waals surface area contributed by atoms with E-state index in [-0.39, 0.29) is 0 Å². The van der Waals surface area contributed by atoms with Gasteiger partial charge < -0.3 is 0 Å². The lowest BCUT2D eigenvalue weighted by Crippen LogP contribution is -2.04. The van der Waals surface area contributed by atoms with Gasteiger partial charge in [0.05, 0.1) is 24.0 Å². The van der Waals surface area contributed by atoms with Crippen LogP contribution in [-0.4, -0.2) is 30.4 Å². The van der Waals surface area contributed by atoms with Crippen LogP contribution in [0.25, 0.3) is 11.4 Å². The number of aryl methyl sites for hydroxylation is 1. The Bertz CT molecular complexity index is 1010. The third-order valence-corrected chi connectivity index (χ3v) is 5.21. The fraction of sp³-hybridized carbons (Fsp3) is 0.200. The van der Waals surface area contributed by atoms with Crippen LogP contribution in [0.1, 0.15) is 22.4 Å². The van der Waals surface area contributed by atoms with E-state index in [2.05, 4.69) is 75.0 Å². The third kappa shape index (κ3) is 4.43. The lowest BCUT2D eigenvalue weighted by Gasteiger charge is -2.02. The largest absolute Gasteiger partial charge is 0.281 e. The Labute approximate surface area is 162 Å². The molecule has 0 amide bonds. The van der Waals surface area contributed by atoms with E-state index in [0.29, 0.717) is 12.4 Å². The fourth-order valence-electron chi connectivity index (χ4n) is 2.85. The first-order valence-electron chi connectivity index (χ1n) is 8.75. The third-order valence-electron chi connectivity index (χ3n) is 4.18. The number of hydrogen-bond acceptors (Lipinski definition) is 5. The second-order valence-electron chi connectivity index (χ2n) is 6.37. The molecule has 0 radical (unpaired) electrons. The first-order valence-corrected chi connectivity index (χ1v) is 9.91. The van der Waals surface area contributed by atoms with Crippen molar-refractivity contribution >= 4 is 11.8 Å². The molecule has 0 bridgehead atoms. The van der Waals surface area contributed by atoms with Crippen LogP contribution >= 0.6 is 11.8 Å². The van der Waals surface area contributed by atoms with Gasteiger partial charge in [0.1, 0.15) is 0 Å². The SMILES string of the molecule is Cc1cccc(Cn2nnc(-c3cn[nH]c3CSCc3ccccc3)n2)c1. The number of aromatic amines is 1. The second-order valence-corrected chi connectivity index (χ2v) is 7.36. The van der Waals surface area contributed by atoms with Gasteiger partial charge in [-0.05, 0) is 23.3 Å². The van der Waals surface area contributed by atoms with Gasteiger partial charge in [0, 0.05) is 11.5 Å². The maximum absolute atomic E-state index is 4.53. The average molecular weight is 376 g/mol. The van der Waals surface area contributed by atoms with Crippen molar-refractivity contribution in [3.8, 4) is 11.4 Å². The number of nitrogens with one attached hydrogen (secondary N) is 1. The predicted molar refractivity (Wildman–Crippen MR) is 107 cm³/mol. The summed E-state index contributed by atoms with van der Waals surface area (Å²) in [6.07, 6.45) is 1.77. The summed E-state index contributed by atoms with van der Waals surface area (Å²) < 4.78 is 0. The zero-order valence-corrected chi connectivity index (χ0v) is 15.9. The minimum atomic E-state index is 0.602. The summed E-state index contributed by atoms with van der Waals surface area (Å²) in [6.45, 7) is 2.68. The van der Waals surface area contributed by atoms with Crippen molar-refractivity contribution in [3.63, 3.8) is 0 Å². The van der Waals surface area contributed by atoms with Gasteiger partial charge in [-0.25, -0.2) is 0 Å². The van der Waals surface area contributed by atoms with Crippen molar-refractivity contribution in [3.05, 3.63) is 83.2 Å². The molecule has 4 aromatic rings. The quantitative estimate of drug-likeness (QED) is 0.530. The van der Waals surface area contributed by atoms with Crippen LogP contribution in [0, 0.1) is 6.92 Å². The highest BCUT2D eigenvalue weighted by Gasteiger charge is 2.13. The van der Waals surface area contributed by atoms with E-state index < -0.39 is 0 Å². The Morgan fingerprint density at radius 3 is 2.70 bits per heavy atom. The van der Waals surface area contributed by atoms with E-state index in [9.17, 15) is 0 Å². The summed E-state index contributed by atoms with van der Waals surface area (Å²) in [6, 6.07) is 18.8. The Kier molecular flexibility index (Phi) is 5.29. The molecule has 0 atom stereocenters. The molecule has 2 aromatic heterocycles. The second kappa shape index (κ2) is 8.18. The number of nitrogens with zero attached hydrogens (tertiary/aromatic N) is 5. The van der Waals surface area contributed by atoms with E-state index in [4.69, 9.17) is 0 Å². The van der Waals surface area contributed by atoms with Gasteiger partial charge in [0.15, 0.2) is 0 Å². The Hall–Kier alpha value is -2.93. The zero-order chi connectivity index (χ0) is 18.5. The lowest BCUT2D eigenvalue weighted by molar-refractivity contribution is 0.572. The predicted octanol–water partition coefficient (Wildman–Crippen LogP) is 3.85. The van der Waals surface area contributed by atoms with Gasteiger partial charge in [-0.3, -0.25) is 5.10 Å². The van der Waals surface area contributed by atoms with Crippen molar-refractivity contribution < 1.29 is 0 Å². The fourth-order valence-corrected chi connectivity index (χ4v) is 3.81. The molecule has 27 heavy (non-hydrogen) atoms. The van der Waals surface area contributed by atoms with Crippen molar-refractivity contribution in [2.75, 3.05) is 0 Å². The van der Waals surface area contributed by atoms with Crippen LogP contribution in [0.15, 0.2) is 60.8 Å². The van der Waals surface area contributed by atoms with Crippen molar-refractivity contribution in [2.45, 2.75) is 25.0 Å². The summed E-state index contributed by atoms with van der Waals surface area (Å²) in [4.78, 5) is 1.62. The molecule has 6 nitrogen and oxygen atoms in total. The van der Waals surface area contributed by atoms with Gasteiger partial charge in [-0.2, -0.15) is 21.7 Å². The Morgan fingerprint density at radius 1 is 1.00 bits per heavy atom. The molecule has 0 aliphatic heterocycles. The van der Waals surface area contributed by atoms with Crippen LogP contribution < -0.4 is 0 Å². The standard InChI is InChI=1S/C20H20N6S/c1-15-6-5-9-17(10-15)12-26-24-20(23-25-26)18-11-21-22-19(18)14-27-13-16-7-3-2-4-8-16/h2-11H,12-14H2,1H3,(H,21,22). The Balaban J connectivity index is 1.42. The number of aromatic nitrogens is 6. The molecule has 0 fully saturated rings. The maximum Gasteiger partial charge on any atom is 0.208 e. The monoisotopic (exact) mass is 376 g/mol. The minimum Gasteiger partial charge on any atom is -0.281 e. The molecule has 0 saturated carbocycles. The summed E-state index contributed by atoms with van der Waals surface area (Å²) >= 11 is 1.83. The number of rotatable bonds is 7.